The van der Waals surface area contributed by atoms with E-state index in [0.717, 1.165) is 17.0 Å². The van der Waals surface area contributed by atoms with E-state index < -0.39 is 0 Å². The first kappa shape index (κ1) is 17.5. The number of aryl methyl sites for hydroxylation is 3. The van der Waals surface area contributed by atoms with Crippen LogP contribution in [0.5, 0.6) is 0 Å². The summed E-state index contributed by atoms with van der Waals surface area (Å²) in [7, 11) is 0. The number of nitrogens with one attached hydrogen (secondary N) is 1. The molecule has 0 unspecified atom stereocenters. The van der Waals surface area contributed by atoms with Crippen LogP contribution in [-0.2, 0) is 11.2 Å². The van der Waals surface area contributed by atoms with Crippen molar-refractivity contribution in [3.05, 3.63) is 58.3 Å². The zero-order valence-corrected chi connectivity index (χ0v) is 14.8. The molecule has 132 valence electrons. The number of amides is 1. The minimum absolute atomic E-state index is 0.203. The minimum Gasteiger partial charge on any atom is -0.326 e. The number of hydrogen-bond donors (Lipinski definition) is 1. The fraction of sp³-hybridized carbons (Fsp3) is 0.263. The Balaban J connectivity index is 1.76. The van der Waals surface area contributed by atoms with E-state index in [9.17, 15) is 9.18 Å². The highest BCUT2D eigenvalue weighted by Gasteiger charge is 2.15. The Bertz CT molecular complexity index is 1050. The number of hydrogen-bond acceptors (Lipinski definition) is 4. The molecule has 2 aromatic heterocycles. The third-order valence-electron chi connectivity index (χ3n) is 4.39. The summed E-state index contributed by atoms with van der Waals surface area (Å²) in [6.07, 6.45) is 2.19. The second kappa shape index (κ2) is 6.92. The standard InChI is InChI=1S/C19H18FN5O/c1-11-4-5-15(8-17(11)20)24-18(26)7-6-16-12(2)23-19-14(9-21)10-22-25(19)13(16)3/h4-5,8,10H,6-7H2,1-3H3,(H,24,26). The third kappa shape index (κ3) is 3.26. The lowest BCUT2D eigenvalue weighted by Crippen LogP contribution is -2.14. The van der Waals surface area contributed by atoms with Crippen LogP contribution in [-0.4, -0.2) is 20.5 Å². The Kier molecular flexibility index (Phi) is 4.67. The molecule has 3 rings (SSSR count). The molecule has 26 heavy (non-hydrogen) atoms. The van der Waals surface area contributed by atoms with Crippen molar-refractivity contribution in [1.82, 2.24) is 14.6 Å². The molecule has 1 N–H and O–H groups in total. The average molecular weight is 351 g/mol. The predicted octanol–water partition coefficient (Wildman–Crippen LogP) is 3.24. The number of carbonyl (C=O) groups is 1. The zero-order valence-electron chi connectivity index (χ0n) is 14.8. The van der Waals surface area contributed by atoms with E-state index in [1.165, 1.54) is 12.3 Å². The van der Waals surface area contributed by atoms with E-state index in [4.69, 9.17) is 5.26 Å². The van der Waals surface area contributed by atoms with Crippen molar-refractivity contribution in [3.63, 3.8) is 0 Å². The van der Waals surface area contributed by atoms with Gasteiger partial charge in [0.15, 0.2) is 5.65 Å². The molecule has 0 aliphatic rings. The first-order valence-electron chi connectivity index (χ1n) is 8.20. The molecule has 1 amide bonds. The third-order valence-corrected chi connectivity index (χ3v) is 4.39. The average Bonchev–Trinajstić information content (AvgIpc) is 3.01. The maximum absolute atomic E-state index is 13.6. The normalized spacial score (nSPS) is 10.7. The van der Waals surface area contributed by atoms with Gasteiger partial charge >= 0.3 is 0 Å². The van der Waals surface area contributed by atoms with Crippen LogP contribution in [0.4, 0.5) is 10.1 Å². The lowest BCUT2D eigenvalue weighted by molar-refractivity contribution is -0.116. The largest absolute Gasteiger partial charge is 0.326 e. The molecule has 0 aliphatic heterocycles. The van der Waals surface area contributed by atoms with E-state index in [-0.39, 0.29) is 18.1 Å². The number of fused-ring (bicyclic) bond motifs is 1. The first-order chi connectivity index (χ1) is 12.4. The summed E-state index contributed by atoms with van der Waals surface area (Å²) in [5.74, 6) is -0.554. The van der Waals surface area contributed by atoms with E-state index in [2.05, 4.69) is 21.5 Å². The van der Waals surface area contributed by atoms with E-state index in [1.807, 2.05) is 13.8 Å². The Labute approximate surface area is 150 Å². The van der Waals surface area contributed by atoms with Gasteiger partial charge in [-0.1, -0.05) is 6.07 Å². The van der Waals surface area contributed by atoms with Gasteiger partial charge in [-0.2, -0.15) is 10.4 Å². The van der Waals surface area contributed by atoms with Gasteiger partial charge in [-0.15, -0.1) is 0 Å². The molecule has 3 aromatic rings. The highest BCUT2D eigenvalue weighted by molar-refractivity contribution is 5.90. The summed E-state index contributed by atoms with van der Waals surface area (Å²) in [6, 6.07) is 6.68. The van der Waals surface area contributed by atoms with Gasteiger partial charge in [0, 0.05) is 23.5 Å². The summed E-state index contributed by atoms with van der Waals surface area (Å²) in [5, 5.41) is 16.0. The number of rotatable bonds is 4. The van der Waals surface area contributed by atoms with Gasteiger partial charge in [0.25, 0.3) is 0 Å². The molecule has 0 aliphatic carbocycles. The lowest BCUT2D eigenvalue weighted by atomic mass is 10.1. The molecule has 6 nitrogen and oxygen atoms in total. The SMILES string of the molecule is Cc1ccc(NC(=O)CCc2c(C)nc3c(C#N)cnn3c2C)cc1F. The number of nitriles is 1. The summed E-state index contributed by atoms with van der Waals surface area (Å²) in [5.41, 5.74) is 4.43. The molecule has 0 radical (unpaired) electrons. The summed E-state index contributed by atoms with van der Waals surface area (Å²) >= 11 is 0. The number of aromatic nitrogens is 3. The van der Waals surface area contributed by atoms with E-state index >= 15 is 0 Å². The molecule has 0 saturated heterocycles. The van der Waals surface area contributed by atoms with Gasteiger partial charge in [-0.3, -0.25) is 4.79 Å². The van der Waals surface area contributed by atoms with Crippen LogP contribution in [0.3, 0.4) is 0 Å². The summed E-state index contributed by atoms with van der Waals surface area (Å²) in [4.78, 5) is 16.6. The van der Waals surface area contributed by atoms with Gasteiger partial charge in [-0.05, 0) is 50.5 Å². The predicted molar refractivity (Wildman–Crippen MR) is 95.3 cm³/mol. The molecule has 0 atom stereocenters. The zero-order chi connectivity index (χ0) is 18.8. The highest BCUT2D eigenvalue weighted by atomic mass is 19.1. The molecular formula is C19H18FN5O. The topological polar surface area (TPSA) is 83.1 Å². The van der Waals surface area contributed by atoms with E-state index in [0.29, 0.717) is 28.9 Å². The Morgan fingerprint density at radius 1 is 1.35 bits per heavy atom. The van der Waals surface area contributed by atoms with Crippen molar-refractivity contribution in [1.29, 1.82) is 5.26 Å². The van der Waals surface area contributed by atoms with Gasteiger partial charge in [0.05, 0.1) is 6.20 Å². The molecule has 1 aromatic carbocycles. The van der Waals surface area contributed by atoms with Crippen LogP contribution in [0.25, 0.3) is 5.65 Å². The molecule has 0 saturated carbocycles. The van der Waals surface area contributed by atoms with Crippen LogP contribution >= 0.6 is 0 Å². The van der Waals surface area contributed by atoms with Gasteiger partial charge in [0.2, 0.25) is 5.91 Å². The molecular weight excluding hydrogens is 333 g/mol. The maximum Gasteiger partial charge on any atom is 0.224 e. The quantitative estimate of drug-likeness (QED) is 0.782. The molecule has 2 heterocycles. The summed E-state index contributed by atoms with van der Waals surface area (Å²) < 4.78 is 15.2. The summed E-state index contributed by atoms with van der Waals surface area (Å²) in [6.45, 7) is 5.41. The van der Waals surface area contributed by atoms with Crippen LogP contribution in [0, 0.1) is 37.9 Å². The van der Waals surface area contributed by atoms with Crippen molar-refractivity contribution in [3.8, 4) is 6.07 Å². The molecule has 0 fully saturated rings. The number of benzene rings is 1. The molecule has 0 bridgehead atoms. The van der Waals surface area contributed by atoms with Crippen molar-refractivity contribution in [2.45, 2.75) is 33.6 Å². The van der Waals surface area contributed by atoms with Gasteiger partial charge in [0.1, 0.15) is 17.4 Å². The fourth-order valence-electron chi connectivity index (χ4n) is 2.88. The monoisotopic (exact) mass is 351 g/mol. The number of carbonyl (C=O) groups excluding carboxylic acids is 1. The van der Waals surface area contributed by atoms with Crippen LogP contribution in [0.2, 0.25) is 0 Å². The number of anilines is 1. The maximum atomic E-state index is 13.6. The minimum atomic E-state index is -0.351. The lowest BCUT2D eigenvalue weighted by Gasteiger charge is -2.11. The molecule has 7 heteroatoms. The van der Waals surface area contributed by atoms with E-state index in [1.54, 1.807) is 23.6 Å². The molecule has 0 spiro atoms. The Hall–Kier alpha value is -3.27. The van der Waals surface area contributed by atoms with Gasteiger partial charge in [-0.25, -0.2) is 13.9 Å². The van der Waals surface area contributed by atoms with Crippen molar-refractivity contribution >= 4 is 17.2 Å². The van der Waals surface area contributed by atoms with Crippen LogP contribution in [0.15, 0.2) is 24.4 Å². The second-order valence-electron chi connectivity index (χ2n) is 6.18. The number of halogens is 1. The second-order valence-corrected chi connectivity index (χ2v) is 6.18. The van der Waals surface area contributed by atoms with Crippen molar-refractivity contribution in [2.24, 2.45) is 0 Å². The fourth-order valence-corrected chi connectivity index (χ4v) is 2.88. The van der Waals surface area contributed by atoms with Crippen LogP contribution in [0.1, 0.15) is 34.5 Å². The highest BCUT2D eigenvalue weighted by Crippen LogP contribution is 2.19. The van der Waals surface area contributed by atoms with Gasteiger partial charge < -0.3 is 5.32 Å². The Morgan fingerprint density at radius 2 is 2.12 bits per heavy atom. The Morgan fingerprint density at radius 3 is 2.81 bits per heavy atom. The first-order valence-corrected chi connectivity index (χ1v) is 8.20. The van der Waals surface area contributed by atoms with Crippen LogP contribution < -0.4 is 5.32 Å². The van der Waals surface area contributed by atoms with Crippen molar-refractivity contribution < 1.29 is 9.18 Å². The number of nitrogens with zero attached hydrogens (tertiary/aromatic N) is 4. The smallest absolute Gasteiger partial charge is 0.224 e. The van der Waals surface area contributed by atoms with Crippen molar-refractivity contribution in [2.75, 3.05) is 5.32 Å².